The molecule has 0 aliphatic rings. The third kappa shape index (κ3) is 8.54. The van der Waals surface area contributed by atoms with Crippen molar-refractivity contribution in [1.82, 2.24) is 0 Å². The minimum atomic E-state index is -1.42. The normalized spacial score (nSPS) is 15.8. The van der Waals surface area contributed by atoms with E-state index < -0.39 is 8.32 Å². The fourth-order valence-electron chi connectivity index (χ4n) is 1.92. The highest BCUT2D eigenvalue weighted by molar-refractivity contribution is 9.09. The molecule has 0 heterocycles. The lowest BCUT2D eigenvalue weighted by Crippen LogP contribution is -2.33. The maximum absolute atomic E-state index is 6.20. The molecule has 0 bridgehead atoms. The molecule has 0 amide bonds. The molecule has 16 heavy (non-hydrogen) atoms. The monoisotopic (exact) mass is 306 g/mol. The molecule has 0 N–H and O–H groups in total. The Kier molecular flexibility index (Phi) is 8.69. The van der Waals surface area contributed by atoms with Gasteiger partial charge >= 0.3 is 0 Å². The van der Waals surface area contributed by atoms with Crippen LogP contribution in [-0.4, -0.2) is 19.8 Å². The van der Waals surface area contributed by atoms with Gasteiger partial charge < -0.3 is 4.43 Å². The van der Waals surface area contributed by atoms with E-state index >= 15 is 0 Å². The second-order valence-electron chi connectivity index (χ2n) is 5.42. The Bertz CT molecular complexity index is 189. The number of alkyl halides is 1. The highest BCUT2D eigenvalue weighted by Gasteiger charge is 2.22. The highest BCUT2D eigenvalue weighted by Crippen LogP contribution is 2.22. The van der Waals surface area contributed by atoms with E-state index in [1.807, 2.05) is 6.08 Å². The van der Waals surface area contributed by atoms with Crippen LogP contribution in [0.5, 0.6) is 0 Å². The predicted octanol–water partition coefficient (Wildman–Crippen LogP) is 4.98. The van der Waals surface area contributed by atoms with E-state index in [9.17, 15) is 0 Å². The zero-order chi connectivity index (χ0) is 12.6. The van der Waals surface area contributed by atoms with E-state index in [2.05, 4.69) is 49.1 Å². The number of halogens is 1. The standard InChI is InChI=1S/C13H27BrOSi/c1-6-8-12(11-14)10-13(9-7-2)15-16(3,4)5/h7,12-13H,2,6,8-11H2,1,3-5H3. The van der Waals surface area contributed by atoms with Crippen molar-refractivity contribution in [3.8, 4) is 0 Å². The highest BCUT2D eigenvalue weighted by atomic mass is 79.9. The Morgan fingerprint density at radius 1 is 1.38 bits per heavy atom. The molecule has 0 saturated heterocycles. The lowest BCUT2D eigenvalue weighted by atomic mass is 9.97. The Morgan fingerprint density at radius 2 is 2.00 bits per heavy atom. The van der Waals surface area contributed by atoms with Crippen LogP contribution in [0, 0.1) is 5.92 Å². The van der Waals surface area contributed by atoms with Gasteiger partial charge in [0.05, 0.1) is 0 Å². The fourth-order valence-corrected chi connectivity index (χ4v) is 3.70. The van der Waals surface area contributed by atoms with Crippen molar-refractivity contribution in [2.45, 2.75) is 58.4 Å². The van der Waals surface area contributed by atoms with E-state index in [0.717, 1.165) is 24.1 Å². The molecule has 0 rings (SSSR count). The van der Waals surface area contributed by atoms with Gasteiger partial charge in [-0.05, 0) is 44.8 Å². The number of hydrogen-bond donors (Lipinski definition) is 0. The predicted molar refractivity (Wildman–Crippen MR) is 79.8 cm³/mol. The summed E-state index contributed by atoms with van der Waals surface area (Å²) in [5, 5.41) is 1.09. The van der Waals surface area contributed by atoms with Crippen LogP contribution in [-0.2, 0) is 4.43 Å². The van der Waals surface area contributed by atoms with E-state index in [1.165, 1.54) is 12.8 Å². The first-order chi connectivity index (χ1) is 7.42. The van der Waals surface area contributed by atoms with E-state index in [4.69, 9.17) is 4.43 Å². The van der Waals surface area contributed by atoms with Crippen molar-refractivity contribution in [3.05, 3.63) is 12.7 Å². The van der Waals surface area contributed by atoms with Gasteiger partial charge in [-0.2, -0.15) is 0 Å². The van der Waals surface area contributed by atoms with Crippen molar-refractivity contribution < 1.29 is 4.43 Å². The van der Waals surface area contributed by atoms with E-state index in [1.54, 1.807) is 0 Å². The molecule has 0 saturated carbocycles. The first kappa shape index (κ1) is 16.4. The van der Waals surface area contributed by atoms with Crippen LogP contribution in [0.4, 0.5) is 0 Å². The molecule has 0 aromatic carbocycles. The van der Waals surface area contributed by atoms with Gasteiger partial charge in [-0.3, -0.25) is 0 Å². The summed E-state index contributed by atoms with van der Waals surface area (Å²) in [6.45, 7) is 12.8. The minimum absolute atomic E-state index is 0.373. The summed E-state index contributed by atoms with van der Waals surface area (Å²) in [5.41, 5.74) is 0. The van der Waals surface area contributed by atoms with Gasteiger partial charge in [0.15, 0.2) is 8.32 Å². The molecule has 3 heteroatoms. The molecule has 0 fully saturated rings. The van der Waals surface area contributed by atoms with Crippen LogP contribution in [0.25, 0.3) is 0 Å². The maximum Gasteiger partial charge on any atom is 0.184 e. The third-order valence-corrected chi connectivity index (χ3v) is 4.42. The molecule has 96 valence electrons. The smallest absolute Gasteiger partial charge is 0.184 e. The average Bonchev–Trinajstić information content (AvgIpc) is 2.15. The molecule has 0 aliphatic carbocycles. The van der Waals surface area contributed by atoms with Crippen LogP contribution in [0.2, 0.25) is 19.6 Å². The van der Waals surface area contributed by atoms with Gasteiger partial charge in [0.2, 0.25) is 0 Å². The molecule has 0 aromatic rings. The van der Waals surface area contributed by atoms with Crippen LogP contribution in [0.1, 0.15) is 32.6 Å². The summed E-state index contributed by atoms with van der Waals surface area (Å²) in [6, 6.07) is 0. The molecule has 1 nitrogen and oxygen atoms in total. The first-order valence-corrected chi connectivity index (χ1v) is 10.8. The van der Waals surface area contributed by atoms with E-state index in [-0.39, 0.29) is 0 Å². The average molecular weight is 307 g/mol. The second kappa shape index (κ2) is 8.48. The Balaban J connectivity index is 4.24. The maximum atomic E-state index is 6.20. The summed E-state index contributed by atoms with van der Waals surface area (Å²) < 4.78 is 6.20. The van der Waals surface area contributed by atoms with Gasteiger partial charge in [0, 0.05) is 11.4 Å². The summed E-state index contributed by atoms with van der Waals surface area (Å²) in [7, 11) is -1.42. The lowest BCUT2D eigenvalue weighted by Gasteiger charge is -2.28. The van der Waals surface area contributed by atoms with Crippen LogP contribution >= 0.6 is 15.9 Å². The second-order valence-corrected chi connectivity index (χ2v) is 10.5. The molecule has 2 atom stereocenters. The summed E-state index contributed by atoms with van der Waals surface area (Å²) >= 11 is 3.61. The molecular formula is C13H27BrOSi. The summed E-state index contributed by atoms with van der Waals surface area (Å²) in [6.07, 6.45) is 7.05. The van der Waals surface area contributed by atoms with Crippen molar-refractivity contribution >= 4 is 24.2 Å². The Hall–Kier alpha value is 0.397. The molecule has 0 aliphatic heterocycles. The first-order valence-electron chi connectivity index (χ1n) is 6.27. The van der Waals surface area contributed by atoms with Gasteiger partial charge in [0.25, 0.3) is 0 Å². The Morgan fingerprint density at radius 3 is 2.38 bits per heavy atom. The molecule has 0 aromatic heterocycles. The summed E-state index contributed by atoms with van der Waals surface area (Å²) in [5.74, 6) is 0.742. The SMILES string of the molecule is C=CCC(CC(CBr)CCC)O[Si](C)(C)C. The van der Waals surface area contributed by atoms with Crippen molar-refractivity contribution in [3.63, 3.8) is 0 Å². The zero-order valence-corrected chi connectivity index (χ0v) is 13.8. The van der Waals surface area contributed by atoms with Gasteiger partial charge in [0.1, 0.15) is 0 Å². The Labute approximate surface area is 111 Å². The summed E-state index contributed by atoms with van der Waals surface area (Å²) in [4.78, 5) is 0. The van der Waals surface area contributed by atoms with Crippen molar-refractivity contribution in [1.29, 1.82) is 0 Å². The van der Waals surface area contributed by atoms with Crippen LogP contribution in [0.15, 0.2) is 12.7 Å². The zero-order valence-electron chi connectivity index (χ0n) is 11.3. The van der Waals surface area contributed by atoms with E-state index in [0.29, 0.717) is 6.10 Å². The number of hydrogen-bond acceptors (Lipinski definition) is 1. The molecule has 0 radical (unpaired) electrons. The molecule has 0 spiro atoms. The van der Waals surface area contributed by atoms with Gasteiger partial charge in [-0.15, -0.1) is 6.58 Å². The minimum Gasteiger partial charge on any atom is -0.414 e. The van der Waals surface area contributed by atoms with Crippen LogP contribution in [0.3, 0.4) is 0 Å². The molecular weight excluding hydrogens is 280 g/mol. The largest absolute Gasteiger partial charge is 0.414 e. The number of rotatable bonds is 9. The molecule has 2 unspecified atom stereocenters. The van der Waals surface area contributed by atoms with Gasteiger partial charge in [-0.25, -0.2) is 0 Å². The quantitative estimate of drug-likeness (QED) is 0.331. The topological polar surface area (TPSA) is 9.23 Å². The van der Waals surface area contributed by atoms with Gasteiger partial charge in [-0.1, -0.05) is 35.4 Å². The van der Waals surface area contributed by atoms with Crippen molar-refractivity contribution in [2.24, 2.45) is 5.92 Å². The van der Waals surface area contributed by atoms with Crippen molar-refractivity contribution in [2.75, 3.05) is 5.33 Å². The lowest BCUT2D eigenvalue weighted by molar-refractivity contribution is 0.165. The van der Waals surface area contributed by atoms with Crippen LogP contribution < -0.4 is 0 Å². The fraction of sp³-hybridized carbons (Fsp3) is 0.846. The third-order valence-electron chi connectivity index (χ3n) is 2.46.